The van der Waals surface area contributed by atoms with Gasteiger partial charge in [0, 0.05) is 36.5 Å². The first-order valence-corrected chi connectivity index (χ1v) is 7.44. The molecule has 2 aromatic heterocycles. The van der Waals surface area contributed by atoms with Gasteiger partial charge in [-0.3, -0.25) is 9.97 Å². The number of aryl methyl sites for hydroxylation is 1. The summed E-state index contributed by atoms with van der Waals surface area (Å²) in [7, 11) is 0. The molecule has 0 aromatic carbocycles. The highest BCUT2D eigenvalue weighted by Crippen LogP contribution is 2.19. The fraction of sp³-hybridized carbons (Fsp3) is 0.412. The van der Waals surface area contributed by atoms with Gasteiger partial charge < -0.3 is 10.5 Å². The van der Waals surface area contributed by atoms with Crippen LogP contribution in [0.2, 0.25) is 0 Å². The van der Waals surface area contributed by atoms with Crippen LogP contribution in [0.15, 0.2) is 36.5 Å². The average molecular weight is 285 g/mol. The molecule has 0 saturated heterocycles. The van der Waals surface area contributed by atoms with Crippen LogP contribution in [-0.4, -0.2) is 22.6 Å². The third-order valence-electron chi connectivity index (χ3n) is 3.39. The van der Waals surface area contributed by atoms with E-state index in [-0.39, 0.29) is 6.04 Å². The summed E-state index contributed by atoms with van der Waals surface area (Å²) in [6, 6.07) is 9.98. The number of rotatable bonds is 7. The average Bonchev–Trinajstić information content (AvgIpc) is 2.50. The molecular weight excluding hydrogens is 262 g/mol. The van der Waals surface area contributed by atoms with Gasteiger partial charge in [-0.05, 0) is 37.6 Å². The van der Waals surface area contributed by atoms with Crippen molar-refractivity contribution in [3.05, 3.63) is 53.6 Å². The molecule has 1 atom stereocenters. The molecule has 0 spiro atoms. The molecule has 2 heterocycles. The zero-order valence-corrected chi connectivity index (χ0v) is 12.7. The first kappa shape index (κ1) is 15.4. The van der Waals surface area contributed by atoms with Gasteiger partial charge in [0.2, 0.25) is 0 Å². The topological polar surface area (TPSA) is 61.0 Å². The fourth-order valence-corrected chi connectivity index (χ4v) is 2.08. The van der Waals surface area contributed by atoms with Crippen molar-refractivity contribution in [1.82, 2.24) is 9.97 Å². The second kappa shape index (κ2) is 7.74. The Morgan fingerprint density at radius 3 is 2.81 bits per heavy atom. The molecule has 4 nitrogen and oxygen atoms in total. The van der Waals surface area contributed by atoms with E-state index < -0.39 is 0 Å². The Balaban J connectivity index is 1.98. The van der Waals surface area contributed by atoms with Crippen LogP contribution >= 0.6 is 0 Å². The minimum Gasteiger partial charge on any atom is -0.491 e. The lowest BCUT2D eigenvalue weighted by Gasteiger charge is -2.14. The Morgan fingerprint density at radius 2 is 2.10 bits per heavy atom. The van der Waals surface area contributed by atoms with E-state index in [2.05, 4.69) is 16.9 Å². The van der Waals surface area contributed by atoms with E-state index in [1.165, 1.54) is 0 Å². The minimum absolute atomic E-state index is 0.123. The summed E-state index contributed by atoms with van der Waals surface area (Å²) in [4.78, 5) is 8.86. The molecule has 0 aliphatic rings. The second-order valence-corrected chi connectivity index (χ2v) is 5.19. The Hall–Kier alpha value is -1.94. The normalized spacial score (nSPS) is 12.1. The molecule has 0 radical (unpaired) electrons. The lowest BCUT2D eigenvalue weighted by Crippen LogP contribution is -2.22. The molecule has 4 heteroatoms. The molecule has 0 aliphatic heterocycles. The van der Waals surface area contributed by atoms with E-state index in [4.69, 9.17) is 10.5 Å². The SMILES string of the molecule is CCC(N)Cc1nc(C)ccc1OCCc1ccccn1. The highest BCUT2D eigenvalue weighted by atomic mass is 16.5. The van der Waals surface area contributed by atoms with E-state index in [1.54, 1.807) is 6.20 Å². The van der Waals surface area contributed by atoms with Crippen LogP contribution in [0.5, 0.6) is 5.75 Å². The van der Waals surface area contributed by atoms with Gasteiger partial charge in [-0.25, -0.2) is 0 Å². The summed E-state index contributed by atoms with van der Waals surface area (Å²) in [5.41, 5.74) is 9.01. The number of ether oxygens (including phenoxy) is 1. The summed E-state index contributed by atoms with van der Waals surface area (Å²) >= 11 is 0. The van der Waals surface area contributed by atoms with Crippen molar-refractivity contribution in [2.24, 2.45) is 5.73 Å². The Kier molecular flexibility index (Phi) is 5.69. The fourth-order valence-electron chi connectivity index (χ4n) is 2.08. The molecule has 0 aliphatic carbocycles. The van der Waals surface area contributed by atoms with Crippen LogP contribution in [0.1, 0.15) is 30.4 Å². The first-order valence-electron chi connectivity index (χ1n) is 7.44. The number of aromatic nitrogens is 2. The van der Waals surface area contributed by atoms with Gasteiger partial charge >= 0.3 is 0 Å². The predicted molar refractivity (Wildman–Crippen MR) is 84.4 cm³/mol. The maximum Gasteiger partial charge on any atom is 0.140 e. The number of hydrogen-bond acceptors (Lipinski definition) is 4. The maximum absolute atomic E-state index is 6.04. The van der Waals surface area contributed by atoms with E-state index in [1.807, 2.05) is 37.3 Å². The lowest BCUT2D eigenvalue weighted by molar-refractivity contribution is 0.314. The standard InChI is InChI=1S/C17H23N3O/c1-3-14(18)12-16-17(8-7-13(2)20-16)21-11-9-15-6-4-5-10-19-15/h4-8,10,14H,3,9,11-12,18H2,1-2H3. The van der Waals surface area contributed by atoms with Crippen molar-refractivity contribution in [1.29, 1.82) is 0 Å². The Morgan fingerprint density at radius 1 is 1.24 bits per heavy atom. The van der Waals surface area contributed by atoms with Crippen molar-refractivity contribution in [3.63, 3.8) is 0 Å². The van der Waals surface area contributed by atoms with Gasteiger partial charge in [0.25, 0.3) is 0 Å². The molecule has 0 saturated carbocycles. The molecule has 0 bridgehead atoms. The first-order chi connectivity index (χ1) is 10.2. The molecule has 112 valence electrons. The summed E-state index contributed by atoms with van der Waals surface area (Å²) in [6.07, 6.45) is 4.27. The van der Waals surface area contributed by atoms with Crippen LogP contribution in [0.25, 0.3) is 0 Å². The van der Waals surface area contributed by atoms with Gasteiger partial charge in [-0.2, -0.15) is 0 Å². The molecule has 2 rings (SSSR count). The highest BCUT2D eigenvalue weighted by Gasteiger charge is 2.10. The van der Waals surface area contributed by atoms with E-state index >= 15 is 0 Å². The zero-order chi connectivity index (χ0) is 15.1. The maximum atomic E-state index is 6.04. The minimum atomic E-state index is 0.123. The number of hydrogen-bond donors (Lipinski definition) is 1. The zero-order valence-electron chi connectivity index (χ0n) is 12.7. The largest absolute Gasteiger partial charge is 0.491 e. The number of nitrogens with zero attached hydrogens (tertiary/aromatic N) is 2. The van der Waals surface area contributed by atoms with Gasteiger partial charge in [0.15, 0.2) is 0 Å². The van der Waals surface area contributed by atoms with Crippen LogP contribution in [-0.2, 0) is 12.8 Å². The molecule has 1 unspecified atom stereocenters. The van der Waals surface area contributed by atoms with Crippen LogP contribution in [0.4, 0.5) is 0 Å². The van der Waals surface area contributed by atoms with E-state index in [0.717, 1.165) is 42.1 Å². The van der Waals surface area contributed by atoms with Gasteiger partial charge in [-0.15, -0.1) is 0 Å². The Bertz CT molecular complexity index is 557. The summed E-state index contributed by atoms with van der Waals surface area (Å²) in [6.45, 7) is 4.66. The molecule has 2 aromatic rings. The predicted octanol–water partition coefficient (Wildman–Crippen LogP) is 2.69. The quantitative estimate of drug-likeness (QED) is 0.849. The monoisotopic (exact) mass is 285 g/mol. The van der Waals surface area contributed by atoms with E-state index in [0.29, 0.717) is 6.61 Å². The summed E-state index contributed by atoms with van der Waals surface area (Å²) in [5, 5.41) is 0. The van der Waals surface area contributed by atoms with Crippen LogP contribution in [0, 0.1) is 6.92 Å². The van der Waals surface area contributed by atoms with Gasteiger partial charge in [0.1, 0.15) is 5.75 Å². The van der Waals surface area contributed by atoms with Crippen LogP contribution in [0.3, 0.4) is 0 Å². The van der Waals surface area contributed by atoms with Gasteiger partial charge in [-0.1, -0.05) is 13.0 Å². The molecule has 2 N–H and O–H groups in total. The Labute approximate surface area is 126 Å². The third-order valence-corrected chi connectivity index (χ3v) is 3.39. The number of nitrogens with two attached hydrogens (primary N) is 1. The van der Waals surface area contributed by atoms with Crippen molar-refractivity contribution < 1.29 is 4.74 Å². The van der Waals surface area contributed by atoms with E-state index in [9.17, 15) is 0 Å². The van der Waals surface area contributed by atoms with Crippen molar-refractivity contribution >= 4 is 0 Å². The molecule has 21 heavy (non-hydrogen) atoms. The van der Waals surface area contributed by atoms with Crippen LogP contribution < -0.4 is 10.5 Å². The lowest BCUT2D eigenvalue weighted by atomic mass is 10.1. The van der Waals surface area contributed by atoms with Crippen molar-refractivity contribution in [2.45, 2.75) is 39.2 Å². The molecule has 0 fully saturated rings. The summed E-state index contributed by atoms with van der Waals surface area (Å²) in [5.74, 6) is 0.834. The molecule has 0 amide bonds. The van der Waals surface area contributed by atoms with Gasteiger partial charge in [0.05, 0.1) is 12.3 Å². The molecular formula is C17H23N3O. The smallest absolute Gasteiger partial charge is 0.140 e. The third kappa shape index (κ3) is 4.83. The van der Waals surface area contributed by atoms with Crippen molar-refractivity contribution in [2.75, 3.05) is 6.61 Å². The van der Waals surface area contributed by atoms with Crippen molar-refractivity contribution in [3.8, 4) is 5.75 Å². The number of pyridine rings is 2. The second-order valence-electron chi connectivity index (χ2n) is 5.19. The highest BCUT2D eigenvalue weighted by molar-refractivity contribution is 5.30. The summed E-state index contributed by atoms with van der Waals surface area (Å²) < 4.78 is 5.88.